The summed E-state index contributed by atoms with van der Waals surface area (Å²) < 4.78 is 6.22. The summed E-state index contributed by atoms with van der Waals surface area (Å²) in [4.78, 5) is 25.4. The van der Waals surface area contributed by atoms with Gasteiger partial charge in [0.05, 0.1) is 5.41 Å². The molecule has 4 heteroatoms. The van der Waals surface area contributed by atoms with Crippen molar-refractivity contribution in [3.8, 4) is 0 Å². The van der Waals surface area contributed by atoms with Crippen LogP contribution in [0.4, 0.5) is 0 Å². The molecule has 0 aromatic carbocycles. The van der Waals surface area contributed by atoms with Crippen molar-refractivity contribution in [2.45, 2.75) is 91.7 Å². The van der Waals surface area contributed by atoms with Gasteiger partial charge in [0, 0.05) is 25.9 Å². The maximum atomic E-state index is 13.1. The van der Waals surface area contributed by atoms with E-state index in [0.717, 1.165) is 44.9 Å². The molecule has 0 amide bonds. The van der Waals surface area contributed by atoms with Crippen LogP contribution in [0.15, 0.2) is 11.6 Å². The molecule has 0 aromatic rings. The van der Waals surface area contributed by atoms with Crippen LogP contribution in [-0.4, -0.2) is 27.2 Å². The number of hydrogen-bond acceptors (Lipinski definition) is 3. The fourth-order valence-electron chi connectivity index (χ4n) is 7.72. The SMILES string of the molecule is C[SiH](C)OC[C@]12CC[C@H]3[C@@H](CC=C4CC(=O)CC[C@@]43CC(C)(C)C)[C@@H]1CCC2=O. The molecule has 0 saturated heterocycles. The van der Waals surface area contributed by atoms with Crippen LogP contribution in [0.1, 0.15) is 78.6 Å². The number of carbonyl (C=O) groups is 2. The standard InChI is InChI=1S/C25H40O3Si/c1-23(2,3)15-24-12-10-18(26)14-17(24)6-7-19-20-8-9-22(27)25(20,13-11-21(19)24)16-28-29(4)5/h6,19-21,29H,7-16H2,1-5H3/t19-,20-,21-,24+,25+/m0/s1. The summed E-state index contributed by atoms with van der Waals surface area (Å²) in [6.45, 7) is 12.2. The van der Waals surface area contributed by atoms with E-state index in [2.05, 4.69) is 39.9 Å². The summed E-state index contributed by atoms with van der Waals surface area (Å²) in [6.07, 6.45) is 11.1. The molecule has 3 fully saturated rings. The molecule has 4 aliphatic carbocycles. The van der Waals surface area contributed by atoms with Crippen molar-refractivity contribution in [2.75, 3.05) is 6.61 Å². The Kier molecular flexibility index (Phi) is 5.51. The van der Waals surface area contributed by atoms with Crippen LogP contribution in [0.2, 0.25) is 13.1 Å². The molecule has 4 rings (SSSR count). The molecule has 29 heavy (non-hydrogen) atoms. The van der Waals surface area contributed by atoms with Crippen molar-refractivity contribution >= 4 is 20.6 Å². The minimum atomic E-state index is -1.14. The van der Waals surface area contributed by atoms with Gasteiger partial charge in [-0.3, -0.25) is 9.59 Å². The minimum Gasteiger partial charge on any atom is -0.420 e. The van der Waals surface area contributed by atoms with Crippen molar-refractivity contribution in [3.63, 3.8) is 0 Å². The van der Waals surface area contributed by atoms with E-state index in [0.29, 0.717) is 42.3 Å². The molecule has 0 spiro atoms. The monoisotopic (exact) mass is 416 g/mol. The normalized spacial score (nSPS) is 39.8. The van der Waals surface area contributed by atoms with Crippen LogP contribution in [-0.2, 0) is 14.0 Å². The quantitative estimate of drug-likeness (QED) is 0.450. The Balaban J connectivity index is 1.70. The van der Waals surface area contributed by atoms with Crippen molar-refractivity contribution < 1.29 is 14.0 Å². The molecule has 3 nitrogen and oxygen atoms in total. The number of hydrogen-bond donors (Lipinski definition) is 0. The molecule has 0 heterocycles. The summed E-state index contributed by atoms with van der Waals surface area (Å²) in [5.74, 6) is 2.61. The Morgan fingerprint density at radius 3 is 2.48 bits per heavy atom. The van der Waals surface area contributed by atoms with Gasteiger partial charge in [-0.05, 0) is 80.2 Å². The number of allylic oxidation sites excluding steroid dienone is 2. The van der Waals surface area contributed by atoms with E-state index in [1.54, 1.807) is 0 Å². The van der Waals surface area contributed by atoms with Gasteiger partial charge >= 0.3 is 0 Å². The first-order chi connectivity index (χ1) is 13.6. The van der Waals surface area contributed by atoms with Crippen LogP contribution in [0.5, 0.6) is 0 Å². The third kappa shape index (κ3) is 3.63. The molecular formula is C25H40O3Si. The Hall–Kier alpha value is -0.743. The lowest BCUT2D eigenvalue weighted by Crippen LogP contribution is -2.54. The van der Waals surface area contributed by atoms with Gasteiger partial charge in [0.25, 0.3) is 0 Å². The summed E-state index contributed by atoms with van der Waals surface area (Å²) >= 11 is 0. The largest absolute Gasteiger partial charge is 0.420 e. The first-order valence-corrected chi connectivity index (χ1v) is 14.7. The molecule has 0 aliphatic heterocycles. The summed E-state index contributed by atoms with van der Waals surface area (Å²) in [5.41, 5.74) is 1.67. The van der Waals surface area contributed by atoms with E-state index in [-0.39, 0.29) is 16.2 Å². The van der Waals surface area contributed by atoms with E-state index in [9.17, 15) is 9.59 Å². The van der Waals surface area contributed by atoms with Crippen molar-refractivity contribution in [3.05, 3.63) is 11.6 Å². The van der Waals surface area contributed by atoms with E-state index in [1.807, 2.05) is 0 Å². The van der Waals surface area contributed by atoms with Crippen LogP contribution in [0, 0.1) is 34.0 Å². The molecule has 162 valence electrons. The van der Waals surface area contributed by atoms with E-state index >= 15 is 0 Å². The summed E-state index contributed by atoms with van der Waals surface area (Å²) in [6, 6.07) is 0. The number of fused-ring (bicyclic) bond motifs is 5. The Labute approximate surface area is 178 Å². The predicted octanol–water partition coefficient (Wildman–Crippen LogP) is 5.48. The second kappa shape index (κ2) is 7.44. The van der Waals surface area contributed by atoms with Gasteiger partial charge in [-0.25, -0.2) is 0 Å². The van der Waals surface area contributed by atoms with E-state index in [1.165, 1.54) is 12.0 Å². The first-order valence-electron chi connectivity index (χ1n) is 11.9. The molecule has 4 aliphatic rings. The van der Waals surface area contributed by atoms with E-state index in [4.69, 9.17) is 4.43 Å². The van der Waals surface area contributed by atoms with Gasteiger partial charge in [0.1, 0.15) is 11.6 Å². The second-order valence-electron chi connectivity index (χ2n) is 12.0. The average molecular weight is 417 g/mol. The fraction of sp³-hybridized carbons (Fsp3) is 0.840. The molecule has 0 N–H and O–H groups in total. The third-order valence-corrected chi connectivity index (χ3v) is 9.46. The highest BCUT2D eigenvalue weighted by molar-refractivity contribution is 6.48. The van der Waals surface area contributed by atoms with Gasteiger partial charge in [-0.15, -0.1) is 0 Å². The molecule has 0 bridgehead atoms. The first kappa shape index (κ1) is 21.5. The zero-order chi connectivity index (χ0) is 21.0. The van der Waals surface area contributed by atoms with Crippen molar-refractivity contribution in [1.29, 1.82) is 0 Å². The molecule has 0 aromatic heterocycles. The Morgan fingerprint density at radius 2 is 1.79 bits per heavy atom. The predicted molar refractivity (Wildman–Crippen MR) is 119 cm³/mol. The molecule has 0 unspecified atom stereocenters. The van der Waals surface area contributed by atoms with Gasteiger partial charge in [0.15, 0.2) is 9.04 Å². The highest BCUT2D eigenvalue weighted by atomic mass is 28.3. The average Bonchev–Trinajstić information content (AvgIpc) is 2.96. The minimum absolute atomic E-state index is 0.181. The Morgan fingerprint density at radius 1 is 1.07 bits per heavy atom. The van der Waals surface area contributed by atoms with Crippen molar-refractivity contribution in [2.24, 2.45) is 34.0 Å². The van der Waals surface area contributed by atoms with Gasteiger partial charge in [-0.2, -0.15) is 0 Å². The topological polar surface area (TPSA) is 43.4 Å². The smallest absolute Gasteiger partial charge is 0.170 e. The molecule has 5 atom stereocenters. The van der Waals surface area contributed by atoms with E-state index < -0.39 is 9.04 Å². The lowest BCUT2D eigenvalue weighted by molar-refractivity contribution is -0.138. The number of rotatable bonds is 4. The van der Waals surface area contributed by atoms with Crippen LogP contribution >= 0.6 is 0 Å². The molecule has 3 saturated carbocycles. The third-order valence-electron chi connectivity index (χ3n) is 8.63. The zero-order valence-electron chi connectivity index (χ0n) is 19.2. The maximum Gasteiger partial charge on any atom is 0.170 e. The highest BCUT2D eigenvalue weighted by Gasteiger charge is 2.61. The highest BCUT2D eigenvalue weighted by Crippen LogP contribution is 2.66. The van der Waals surface area contributed by atoms with Gasteiger partial charge in [0.2, 0.25) is 0 Å². The van der Waals surface area contributed by atoms with Gasteiger partial charge < -0.3 is 4.43 Å². The van der Waals surface area contributed by atoms with Crippen LogP contribution in [0.25, 0.3) is 0 Å². The number of Topliss-reactive ketones (excluding diaryl/α,β-unsaturated/α-hetero) is 2. The maximum absolute atomic E-state index is 13.1. The fourth-order valence-corrected chi connectivity index (χ4v) is 8.35. The zero-order valence-corrected chi connectivity index (χ0v) is 20.3. The second-order valence-corrected chi connectivity index (χ2v) is 14.4. The lowest BCUT2D eigenvalue weighted by Gasteiger charge is -2.59. The molecule has 0 radical (unpaired) electrons. The van der Waals surface area contributed by atoms with Crippen molar-refractivity contribution in [1.82, 2.24) is 0 Å². The number of carbonyl (C=O) groups excluding carboxylic acids is 2. The number of ketones is 2. The summed E-state index contributed by atoms with van der Waals surface area (Å²) in [7, 11) is -1.14. The van der Waals surface area contributed by atoms with Crippen LogP contribution in [0.3, 0.4) is 0 Å². The van der Waals surface area contributed by atoms with Gasteiger partial charge in [-0.1, -0.05) is 32.4 Å². The Bertz CT molecular complexity index is 718. The summed E-state index contributed by atoms with van der Waals surface area (Å²) in [5, 5.41) is 0. The lowest BCUT2D eigenvalue weighted by atomic mass is 9.45. The van der Waals surface area contributed by atoms with Crippen LogP contribution < -0.4 is 0 Å². The molecular weight excluding hydrogens is 376 g/mol.